The van der Waals surface area contributed by atoms with Crippen LogP contribution in [0.5, 0.6) is 0 Å². The third-order valence-corrected chi connectivity index (χ3v) is 4.90. The number of aliphatic hydroxyl groups excluding tert-OH is 1. The van der Waals surface area contributed by atoms with Gasteiger partial charge < -0.3 is 37.2 Å². The zero-order valence-corrected chi connectivity index (χ0v) is 17.2. The maximum Gasteiger partial charge on any atom is 0.326 e. The van der Waals surface area contributed by atoms with Gasteiger partial charge in [0.1, 0.15) is 24.2 Å². The van der Waals surface area contributed by atoms with Crippen LogP contribution in [-0.4, -0.2) is 82.0 Å². The molecule has 0 bridgehead atoms. The molecule has 1 fully saturated rings. The lowest BCUT2D eigenvalue weighted by Gasteiger charge is -2.28. The third kappa shape index (κ3) is 6.95. The smallest absolute Gasteiger partial charge is 0.326 e. The highest BCUT2D eigenvalue weighted by molar-refractivity contribution is 5.94. The number of carbonyl (C=O) groups is 5. The molecule has 4 atom stereocenters. The first-order valence-electron chi connectivity index (χ1n) is 9.78. The molecule has 0 radical (unpaired) electrons. The maximum absolute atomic E-state index is 12.8. The lowest BCUT2D eigenvalue weighted by molar-refractivity contribution is -0.144. The number of likely N-dealkylation sites (tertiary alicyclic amines) is 1. The predicted molar refractivity (Wildman–Crippen MR) is 105 cm³/mol. The minimum Gasteiger partial charge on any atom is -0.480 e. The molecule has 1 aliphatic heterocycles. The summed E-state index contributed by atoms with van der Waals surface area (Å²) in [5.41, 5.74) is 10.7. The predicted octanol–water partition coefficient (Wildman–Crippen LogP) is -2.73. The van der Waals surface area contributed by atoms with Gasteiger partial charge in [0.25, 0.3) is 0 Å². The van der Waals surface area contributed by atoms with Crippen molar-refractivity contribution in [2.24, 2.45) is 17.4 Å². The van der Waals surface area contributed by atoms with E-state index in [1.54, 1.807) is 13.8 Å². The fourth-order valence-corrected chi connectivity index (χ4v) is 3.18. The summed E-state index contributed by atoms with van der Waals surface area (Å²) in [6.45, 7) is 2.93. The van der Waals surface area contributed by atoms with Crippen molar-refractivity contribution in [2.45, 2.75) is 63.7 Å². The number of carboxylic acid groups (broad SMARTS) is 1. The summed E-state index contributed by atoms with van der Waals surface area (Å²) in [5.74, 6) is -4.32. The number of nitrogens with two attached hydrogens (primary N) is 2. The second-order valence-electron chi connectivity index (χ2n) is 7.61. The largest absolute Gasteiger partial charge is 0.480 e. The monoisotopic (exact) mass is 429 g/mol. The van der Waals surface area contributed by atoms with Crippen molar-refractivity contribution in [3.8, 4) is 0 Å². The lowest BCUT2D eigenvalue weighted by Crippen LogP contribution is -2.57. The standard InChI is InChI=1S/C18H31N5O7/c1-9(2)14(18(29)30)22-15(26)11(5-6-13(20)25)21-16(27)12-4-3-7-23(12)17(28)10(19)8-24/h9-12,14,24H,3-8,19H2,1-2H3,(H2,20,25)(H,21,27)(H,22,26)(H,29,30). The van der Waals surface area contributed by atoms with E-state index < -0.39 is 66.3 Å². The molecule has 8 N–H and O–H groups in total. The molecule has 0 spiro atoms. The number of nitrogens with zero attached hydrogens (tertiary/aromatic N) is 1. The van der Waals surface area contributed by atoms with Crippen molar-refractivity contribution in [3.63, 3.8) is 0 Å². The van der Waals surface area contributed by atoms with E-state index in [0.29, 0.717) is 12.8 Å². The zero-order valence-electron chi connectivity index (χ0n) is 17.2. The first-order chi connectivity index (χ1) is 14.0. The van der Waals surface area contributed by atoms with Crippen LogP contribution in [0.15, 0.2) is 0 Å². The summed E-state index contributed by atoms with van der Waals surface area (Å²) in [6, 6.07) is -4.44. The molecule has 12 heteroatoms. The van der Waals surface area contributed by atoms with Gasteiger partial charge in [-0.15, -0.1) is 0 Å². The molecule has 1 aliphatic rings. The summed E-state index contributed by atoms with van der Waals surface area (Å²) < 4.78 is 0. The van der Waals surface area contributed by atoms with E-state index in [0.717, 1.165) is 0 Å². The number of aliphatic carboxylic acids is 1. The Morgan fingerprint density at radius 2 is 1.80 bits per heavy atom. The van der Waals surface area contributed by atoms with Crippen LogP contribution in [0.1, 0.15) is 39.5 Å². The number of nitrogens with one attached hydrogen (secondary N) is 2. The molecule has 0 saturated carbocycles. The first kappa shape index (κ1) is 25.3. The van der Waals surface area contributed by atoms with Crippen molar-refractivity contribution in [1.29, 1.82) is 0 Å². The zero-order chi connectivity index (χ0) is 23.0. The number of hydrogen-bond donors (Lipinski definition) is 6. The molecule has 30 heavy (non-hydrogen) atoms. The fourth-order valence-electron chi connectivity index (χ4n) is 3.18. The number of primary amides is 1. The lowest BCUT2D eigenvalue weighted by atomic mass is 10.0. The Morgan fingerprint density at radius 1 is 1.17 bits per heavy atom. The average Bonchev–Trinajstić information content (AvgIpc) is 3.16. The number of amides is 4. The highest BCUT2D eigenvalue weighted by Gasteiger charge is 2.38. The van der Waals surface area contributed by atoms with Crippen LogP contribution >= 0.6 is 0 Å². The van der Waals surface area contributed by atoms with Crippen molar-refractivity contribution in [3.05, 3.63) is 0 Å². The Bertz CT molecular complexity index is 669. The van der Waals surface area contributed by atoms with Crippen LogP contribution < -0.4 is 22.1 Å². The van der Waals surface area contributed by atoms with Gasteiger partial charge in [0.05, 0.1) is 6.61 Å². The van der Waals surface area contributed by atoms with Crippen molar-refractivity contribution in [2.75, 3.05) is 13.2 Å². The molecule has 1 heterocycles. The topological polar surface area (TPSA) is 205 Å². The van der Waals surface area contributed by atoms with Gasteiger partial charge in [0, 0.05) is 13.0 Å². The Balaban J connectivity index is 2.93. The minimum atomic E-state index is -1.23. The summed E-state index contributed by atoms with van der Waals surface area (Å²) in [4.78, 5) is 61.4. The quantitative estimate of drug-likeness (QED) is 0.203. The van der Waals surface area contributed by atoms with Crippen molar-refractivity contribution < 1.29 is 34.2 Å². The van der Waals surface area contributed by atoms with Gasteiger partial charge in [-0.3, -0.25) is 19.2 Å². The van der Waals surface area contributed by atoms with Crippen LogP contribution in [0.25, 0.3) is 0 Å². The highest BCUT2D eigenvalue weighted by atomic mass is 16.4. The van der Waals surface area contributed by atoms with Crippen LogP contribution in [0, 0.1) is 5.92 Å². The molecule has 1 rings (SSSR count). The maximum atomic E-state index is 12.8. The van der Waals surface area contributed by atoms with Crippen LogP contribution in [0.2, 0.25) is 0 Å². The summed E-state index contributed by atoms with van der Waals surface area (Å²) >= 11 is 0. The summed E-state index contributed by atoms with van der Waals surface area (Å²) in [5, 5.41) is 23.2. The molecular formula is C18H31N5O7. The molecule has 1 saturated heterocycles. The normalized spacial score (nSPS) is 19.1. The number of carboxylic acids is 1. The molecule has 0 aromatic heterocycles. The van der Waals surface area contributed by atoms with Gasteiger partial charge >= 0.3 is 5.97 Å². The summed E-state index contributed by atoms with van der Waals surface area (Å²) in [7, 11) is 0. The van der Waals surface area contributed by atoms with E-state index >= 15 is 0 Å². The Kier molecular flexibility index (Phi) is 9.66. The molecule has 170 valence electrons. The Morgan fingerprint density at radius 3 is 2.30 bits per heavy atom. The number of carbonyl (C=O) groups excluding carboxylic acids is 4. The third-order valence-electron chi connectivity index (χ3n) is 4.90. The van der Waals surface area contributed by atoms with E-state index in [-0.39, 0.29) is 19.4 Å². The van der Waals surface area contributed by atoms with Gasteiger partial charge in [-0.1, -0.05) is 13.8 Å². The molecule has 4 unspecified atom stereocenters. The SMILES string of the molecule is CC(C)C(NC(=O)C(CCC(N)=O)NC(=O)C1CCCN1C(=O)C(N)CO)C(=O)O. The molecule has 0 aromatic carbocycles. The molecule has 0 aromatic rings. The van der Waals surface area contributed by atoms with Gasteiger partial charge in [-0.2, -0.15) is 0 Å². The van der Waals surface area contributed by atoms with Gasteiger partial charge in [-0.25, -0.2) is 4.79 Å². The first-order valence-corrected chi connectivity index (χ1v) is 9.78. The van der Waals surface area contributed by atoms with E-state index in [9.17, 15) is 29.1 Å². The molecule has 12 nitrogen and oxygen atoms in total. The average molecular weight is 429 g/mol. The second-order valence-corrected chi connectivity index (χ2v) is 7.61. The Labute approximate surface area is 174 Å². The van der Waals surface area contributed by atoms with E-state index in [1.165, 1.54) is 4.90 Å². The molecule has 0 aliphatic carbocycles. The molecule has 4 amide bonds. The van der Waals surface area contributed by atoms with Crippen molar-refractivity contribution >= 4 is 29.6 Å². The van der Waals surface area contributed by atoms with E-state index in [4.69, 9.17) is 16.6 Å². The number of aliphatic hydroxyl groups is 1. The second kappa shape index (κ2) is 11.5. The van der Waals surface area contributed by atoms with Crippen LogP contribution in [0.4, 0.5) is 0 Å². The summed E-state index contributed by atoms with van der Waals surface area (Å²) in [6.07, 6.45) is 0.535. The highest BCUT2D eigenvalue weighted by Crippen LogP contribution is 2.19. The van der Waals surface area contributed by atoms with Gasteiger partial charge in [-0.05, 0) is 25.2 Å². The number of rotatable bonds is 11. The fraction of sp³-hybridized carbons (Fsp3) is 0.722. The van der Waals surface area contributed by atoms with Gasteiger partial charge in [0.15, 0.2) is 0 Å². The van der Waals surface area contributed by atoms with Crippen molar-refractivity contribution in [1.82, 2.24) is 15.5 Å². The van der Waals surface area contributed by atoms with E-state index in [2.05, 4.69) is 10.6 Å². The van der Waals surface area contributed by atoms with Crippen LogP contribution in [0.3, 0.4) is 0 Å². The minimum absolute atomic E-state index is 0.131. The Hall–Kier alpha value is -2.73. The van der Waals surface area contributed by atoms with Crippen LogP contribution in [-0.2, 0) is 24.0 Å². The van der Waals surface area contributed by atoms with E-state index in [1.807, 2.05) is 0 Å². The number of hydrogen-bond acceptors (Lipinski definition) is 7. The van der Waals surface area contributed by atoms with Gasteiger partial charge in [0.2, 0.25) is 23.6 Å². The molecular weight excluding hydrogens is 398 g/mol.